The minimum atomic E-state index is -3.30. The lowest BCUT2D eigenvalue weighted by Crippen LogP contribution is -2.50. The van der Waals surface area contributed by atoms with Gasteiger partial charge in [0.1, 0.15) is 5.82 Å². The summed E-state index contributed by atoms with van der Waals surface area (Å²) in [5.74, 6) is -0.921. The summed E-state index contributed by atoms with van der Waals surface area (Å²) >= 11 is 0. The summed E-state index contributed by atoms with van der Waals surface area (Å²) in [5, 5.41) is 0.324. The Hall–Kier alpha value is -2.26. The summed E-state index contributed by atoms with van der Waals surface area (Å²) in [6, 6.07) is 4.96. The van der Waals surface area contributed by atoms with E-state index < -0.39 is 27.3 Å². The highest BCUT2D eigenvalue weighted by Gasteiger charge is 2.27. The molecule has 1 aromatic carbocycles. The molecule has 9 heteroatoms. The Balaban J connectivity index is 1.93. The Morgan fingerprint density at radius 1 is 1.17 bits per heavy atom. The Bertz CT molecular complexity index is 962. The van der Waals surface area contributed by atoms with Crippen molar-refractivity contribution in [1.82, 2.24) is 14.2 Å². The molecule has 1 saturated heterocycles. The number of benzene rings is 1. The number of carbonyl (C=O) groups is 1. The number of hydrogen-bond donors (Lipinski definition) is 1. The third kappa shape index (κ3) is 3.17. The summed E-state index contributed by atoms with van der Waals surface area (Å²) in [5.41, 5.74) is 0.0373. The fourth-order valence-corrected chi connectivity index (χ4v) is 3.62. The van der Waals surface area contributed by atoms with Crippen LogP contribution in [0, 0.1) is 5.82 Å². The molecule has 0 spiro atoms. The van der Waals surface area contributed by atoms with Crippen molar-refractivity contribution in [3.05, 3.63) is 46.0 Å². The number of sulfonamides is 1. The molecule has 2 aromatic rings. The van der Waals surface area contributed by atoms with Crippen molar-refractivity contribution >= 4 is 26.8 Å². The highest BCUT2D eigenvalue weighted by atomic mass is 32.2. The van der Waals surface area contributed by atoms with Gasteiger partial charge in [0.25, 0.3) is 5.91 Å². The maximum absolute atomic E-state index is 13.5. The first kappa shape index (κ1) is 16.6. The van der Waals surface area contributed by atoms with Crippen LogP contribution in [0.15, 0.2) is 29.1 Å². The molecule has 3 rings (SSSR count). The second-order valence-corrected chi connectivity index (χ2v) is 7.67. The van der Waals surface area contributed by atoms with Gasteiger partial charge in [-0.2, -0.15) is 4.31 Å². The molecule has 1 fully saturated rings. The van der Waals surface area contributed by atoms with E-state index >= 15 is 0 Å². The van der Waals surface area contributed by atoms with E-state index in [9.17, 15) is 22.4 Å². The van der Waals surface area contributed by atoms with Gasteiger partial charge in [0.2, 0.25) is 15.6 Å². The van der Waals surface area contributed by atoms with Crippen LogP contribution < -0.4 is 5.56 Å². The zero-order valence-corrected chi connectivity index (χ0v) is 13.8. The monoisotopic (exact) mass is 353 g/mol. The summed E-state index contributed by atoms with van der Waals surface area (Å²) in [7, 11) is -3.30. The highest BCUT2D eigenvalue weighted by molar-refractivity contribution is 7.88. The molecule has 24 heavy (non-hydrogen) atoms. The second-order valence-electron chi connectivity index (χ2n) is 5.69. The third-order valence-corrected chi connectivity index (χ3v) is 5.33. The van der Waals surface area contributed by atoms with Crippen LogP contribution in [0.2, 0.25) is 0 Å². The summed E-state index contributed by atoms with van der Waals surface area (Å²) in [6.45, 7) is 0.825. The number of rotatable bonds is 2. The zero-order chi connectivity index (χ0) is 17.5. The van der Waals surface area contributed by atoms with Crippen molar-refractivity contribution in [3.63, 3.8) is 0 Å². The molecule has 0 radical (unpaired) electrons. The number of fused-ring (bicyclic) bond motifs is 1. The van der Waals surface area contributed by atoms with Crippen molar-refractivity contribution in [3.8, 4) is 0 Å². The second kappa shape index (κ2) is 5.99. The van der Waals surface area contributed by atoms with Crippen LogP contribution >= 0.6 is 0 Å². The maximum atomic E-state index is 13.5. The molecule has 0 saturated carbocycles. The molecule has 0 atom stereocenters. The fourth-order valence-electron chi connectivity index (χ4n) is 2.80. The Morgan fingerprint density at radius 3 is 2.46 bits per heavy atom. The number of aromatic amines is 1. The number of aromatic nitrogens is 1. The van der Waals surface area contributed by atoms with E-state index in [1.54, 1.807) is 0 Å². The van der Waals surface area contributed by atoms with Crippen LogP contribution in [-0.2, 0) is 10.0 Å². The van der Waals surface area contributed by atoms with Crippen molar-refractivity contribution in [2.45, 2.75) is 0 Å². The molecule has 1 N–H and O–H groups in total. The predicted molar refractivity (Wildman–Crippen MR) is 86.8 cm³/mol. The quantitative estimate of drug-likeness (QED) is 0.845. The van der Waals surface area contributed by atoms with Crippen LogP contribution in [0.3, 0.4) is 0 Å². The van der Waals surface area contributed by atoms with E-state index in [2.05, 4.69) is 4.98 Å². The number of pyridine rings is 1. The SMILES string of the molecule is CS(=O)(=O)N1CCN(C(=O)c2cc(=O)[nH]c3ccc(F)cc23)CC1. The van der Waals surface area contributed by atoms with E-state index in [-0.39, 0.29) is 31.7 Å². The first-order valence-electron chi connectivity index (χ1n) is 7.33. The van der Waals surface area contributed by atoms with Crippen molar-refractivity contribution in [1.29, 1.82) is 0 Å². The smallest absolute Gasteiger partial charge is 0.254 e. The number of nitrogens with zero attached hydrogens (tertiary/aromatic N) is 2. The first-order chi connectivity index (χ1) is 11.3. The molecular formula is C15H16FN3O4S. The highest BCUT2D eigenvalue weighted by Crippen LogP contribution is 2.19. The van der Waals surface area contributed by atoms with Gasteiger partial charge < -0.3 is 9.88 Å². The van der Waals surface area contributed by atoms with Gasteiger partial charge in [-0.25, -0.2) is 12.8 Å². The lowest BCUT2D eigenvalue weighted by atomic mass is 10.1. The lowest BCUT2D eigenvalue weighted by Gasteiger charge is -2.33. The molecule has 0 bridgehead atoms. The molecule has 2 heterocycles. The molecule has 1 amide bonds. The van der Waals surface area contributed by atoms with Crippen LogP contribution in [0.25, 0.3) is 10.9 Å². The zero-order valence-electron chi connectivity index (χ0n) is 13.0. The van der Waals surface area contributed by atoms with Crippen LogP contribution in [0.4, 0.5) is 4.39 Å². The first-order valence-corrected chi connectivity index (χ1v) is 9.17. The number of halogens is 1. The molecule has 7 nitrogen and oxygen atoms in total. The molecule has 1 aliphatic heterocycles. The van der Waals surface area contributed by atoms with E-state index in [0.717, 1.165) is 12.3 Å². The van der Waals surface area contributed by atoms with E-state index in [0.29, 0.717) is 10.9 Å². The van der Waals surface area contributed by atoms with Gasteiger partial charge in [-0.3, -0.25) is 9.59 Å². The Kier molecular flexibility index (Phi) is 4.14. The summed E-state index contributed by atoms with van der Waals surface area (Å²) in [4.78, 5) is 28.5. The van der Waals surface area contributed by atoms with Gasteiger partial charge in [-0.15, -0.1) is 0 Å². The molecule has 1 aromatic heterocycles. The van der Waals surface area contributed by atoms with Crippen LogP contribution in [0.5, 0.6) is 0 Å². The van der Waals surface area contributed by atoms with Gasteiger partial charge in [-0.1, -0.05) is 0 Å². The maximum Gasteiger partial charge on any atom is 0.254 e. The average molecular weight is 353 g/mol. The number of nitrogens with one attached hydrogen (secondary N) is 1. The minimum absolute atomic E-state index is 0.112. The van der Waals surface area contributed by atoms with Gasteiger partial charge in [0, 0.05) is 43.1 Å². The molecule has 0 unspecified atom stereocenters. The van der Waals surface area contributed by atoms with Gasteiger partial charge >= 0.3 is 0 Å². The largest absolute Gasteiger partial charge is 0.336 e. The average Bonchev–Trinajstić information content (AvgIpc) is 2.53. The van der Waals surface area contributed by atoms with Gasteiger partial charge in [0.15, 0.2) is 0 Å². The molecular weight excluding hydrogens is 337 g/mol. The number of piperazine rings is 1. The van der Waals surface area contributed by atoms with Crippen LogP contribution in [-0.4, -0.2) is 60.9 Å². The predicted octanol–water partition coefficient (Wildman–Crippen LogP) is 0.385. The molecule has 1 aliphatic rings. The normalized spacial score (nSPS) is 16.5. The number of hydrogen-bond acceptors (Lipinski definition) is 4. The van der Waals surface area contributed by atoms with E-state index in [4.69, 9.17) is 0 Å². The third-order valence-electron chi connectivity index (χ3n) is 4.03. The fraction of sp³-hybridized carbons (Fsp3) is 0.333. The Labute approximate surface area is 137 Å². The summed E-state index contributed by atoms with van der Waals surface area (Å²) < 4.78 is 37.9. The molecule has 0 aliphatic carbocycles. The standard InChI is InChI=1S/C15H16FN3O4S/c1-24(22,23)19-6-4-18(5-7-19)15(21)12-9-14(20)17-13-3-2-10(16)8-11(12)13/h2-3,8-9H,4-7H2,1H3,(H,17,20). The number of amides is 1. The molecule has 128 valence electrons. The number of H-pyrrole nitrogens is 1. The minimum Gasteiger partial charge on any atom is -0.336 e. The van der Waals surface area contributed by atoms with Crippen molar-refractivity contribution in [2.24, 2.45) is 0 Å². The van der Waals surface area contributed by atoms with Crippen molar-refractivity contribution in [2.75, 3.05) is 32.4 Å². The van der Waals surface area contributed by atoms with Crippen molar-refractivity contribution < 1.29 is 17.6 Å². The van der Waals surface area contributed by atoms with Gasteiger partial charge in [-0.05, 0) is 18.2 Å². The van der Waals surface area contributed by atoms with Gasteiger partial charge in [0.05, 0.1) is 11.8 Å². The summed E-state index contributed by atoms with van der Waals surface area (Å²) in [6.07, 6.45) is 1.12. The van der Waals surface area contributed by atoms with E-state index in [1.165, 1.54) is 27.4 Å². The van der Waals surface area contributed by atoms with E-state index in [1.807, 2.05) is 0 Å². The Morgan fingerprint density at radius 2 is 1.83 bits per heavy atom. The van der Waals surface area contributed by atoms with Crippen LogP contribution in [0.1, 0.15) is 10.4 Å². The topological polar surface area (TPSA) is 90.6 Å². The number of carbonyl (C=O) groups excluding carboxylic acids is 1. The lowest BCUT2D eigenvalue weighted by molar-refractivity contribution is 0.0700.